The normalized spacial score (nSPS) is 25.4. The van der Waals surface area contributed by atoms with Crippen molar-refractivity contribution in [3.05, 3.63) is 52.6 Å². The van der Waals surface area contributed by atoms with E-state index in [9.17, 15) is 0 Å². The Morgan fingerprint density at radius 2 is 1.82 bits per heavy atom. The summed E-state index contributed by atoms with van der Waals surface area (Å²) in [4.78, 5) is 0. The molecule has 0 N–H and O–H groups in total. The highest BCUT2D eigenvalue weighted by Crippen LogP contribution is 2.55. The third-order valence-electron chi connectivity index (χ3n) is 4.32. The molecular weight excluding hydrogens is 204 g/mol. The van der Waals surface area contributed by atoms with Crippen molar-refractivity contribution in [2.75, 3.05) is 0 Å². The first-order valence-corrected chi connectivity index (χ1v) is 6.49. The summed E-state index contributed by atoms with van der Waals surface area (Å²) in [5.41, 5.74) is 7.93. The van der Waals surface area contributed by atoms with Crippen LogP contribution >= 0.6 is 0 Å². The fourth-order valence-corrected chi connectivity index (χ4v) is 3.92. The van der Waals surface area contributed by atoms with Gasteiger partial charge in [-0.05, 0) is 42.5 Å². The summed E-state index contributed by atoms with van der Waals surface area (Å²) in [6.45, 7) is 9.28. The van der Waals surface area contributed by atoms with Gasteiger partial charge in [0.25, 0.3) is 0 Å². The maximum Gasteiger partial charge on any atom is 0.0106 e. The van der Waals surface area contributed by atoms with Crippen LogP contribution < -0.4 is 0 Å². The fraction of sp³-hybridized carbons (Fsp3) is 0.412. The molecule has 88 valence electrons. The van der Waals surface area contributed by atoms with Crippen molar-refractivity contribution in [2.24, 2.45) is 5.41 Å². The van der Waals surface area contributed by atoms with Crippen molar-refractivity contribution < 1.29 is 0 Å². The minimum absolute atomic E-state index is 0.218. The smallest absolute Gasteiger partial charge is 0.0106 e. The summed E-state index contributed by atoms with van der Waals surface area (Å²) >= 11 is 0. The first-order valence-electron chi connectivity index (χ1n) is 6.49. The molecule has 0 nitrogen and oxygen atoms in total. The summed E-state index contributed by atoms with van der Waals surface area (Å²) in [7, 11) is 0. The Bertz CT molecular complexity index is 541. The van der Waals surface area contributed by atoms with Crippen molar-refractivity contribution in [1.29, 1.82) is 0 Å². The Kier molecular flexibility index (Phi) is 2.13. The molecule has 17 heavy (non-hydrogen) atoms. The Morgan fingerprint density at radius 3 is 2.59 bits per heavy atom. The summed E-state index contributed by atoms with van der Waals surface area (Å²) in [5.74, 6) is 0.631. The van der Waals surface area contributed by atoms with Gasteiger partial charge in [0.15, 0.2) is 0 Å². The fourth-order valence-electron chi connectivity index (χ4n) is 3.92. The van der Waals surface area contributed by atoms with Crippen molar-refractivity contribution in [2.45, 2.75) is 40.0 Å². The van der Waals surface area contributed by atoms with Gasteiger partial charge in [-0.3, -0.25) is 0 Å². The first kappa shape index (κ1) is 10.8. The van der Waals surface area contributed by atoms with Crippen molar-refractivity contribution in [1.82, 2.24) is 0 Å². The molecule has 0 saturated carbocycles. The largest absolute Gasteiger partial charge is 0.0758 e. The number of fused-ring (bicyclic) bond motifs is 3. The summed E-state index contributed by atoms with van der Waals surface area (Å²) in [6, 6.07) is 8.93. The van der Waals surface area contributed by atoms with Crippen molar-refractivity contribution in [3.8, 4) is 0 Å². The van der Waals surface area contributed by atoms with E-state index < -0.39 is 0 Å². The van der Waals surface area contributed by atoms with Gasteiger partial charge in [0.2, 0.25) is 0 Å². The third kappa shape index (κ3) is 1.43. The van der Waals surface area contributed by atoms with Crippen LogP contribution in [-0.2, 0) is 0 Å². The Hall–Kier alpha value is -1.30. The van der Waals surface area contributed by atoms with Crippen LogP contribution in [0.4, 0.5) is 0 Å². The van der Waals surface area contributed by atoms with E-state index in [1.165, 1.54) is 23.1 Å². The molecule has 1 atom stereocenters. The Morgan fingerprint density at radius 1 is 1.12 bits per heavy atom. The second kappa shape index (κ2) is 3.35. The number of hydrogen-bond acceptors (Lipinski definition) is 0. The van der Waals surface area contributed by atoms with Gasteiger partial charge in [0.05, 0.1) is 0 Å². The molecule has 0 fully saturated rings. The molecule has 0 bridgehead atoms. The number of benzene rings is 1. The van der Waals surface area contributed by atoms with E-state index in [0.717, 1.165) is 0 Å². The molecule has 0 heteroatoms. The SMILES string of the molecule is CC1=CC(C)(C)C2=C(C)c3ccccc3C2C1. The maximum absolute atomic E-state index is 2.45. The molecule has 1 aromatic rings. The maximum atomic E-state index is 2.45. The van der Waals surface area contributed by atoms with Crippen LogP contribution in [0.15, 0.2) is 41.5 Å². The topological polar surface area (TPSA) is 0 Å². The zero-order valence-corrected chi connectivity index (χ0v) is 11.2. The zero-order valence-electron chi connectivity index (χ0n) is 11.2. The van der Waals surface area contributed by atoms with E-state index in [-0.39, 0.29) is 5.41 Å². The van der Waals surface area contributed by atoms with E-state index in [1.54, 1.807) is 11.1 Å². The standard InChI is InChI=1S/C17H20/c1-11-9-15-14-8-6-5-7-13(14)12(2)16(15)17(3,4)10-11/h5-8,10,15H,9H2,1-4H3. The van der Waals surface area contributed by atoms with E-state index in [0.29, 0.717) is 5.92 Å². The molecule has 0 amide bonds. The van der Waals surface area contributed by atoms with Crippen LogP contribution in [0.5, 0.6) is 0 Å². The zero-order chi connectivity index (χ0) is 12.2. The first-order chi connectivity index (χ1) is 8.00. The van der Waals surface area contributed by atoms with E-state index >= 15 is 0 Å². The molecule has 1 aromatic carbocycles. The minimum Gasteiger partial charge on any atom is -0.0758 e. The lowest BCUT2D eigenvalue weighted by atomic mass is 9.69. The predicted octanol–water partition coefficient (Wildman–Crippen LogP) is 4.93. The summed E-state index contributed by atoms with van der Waals surface area (Å²) < 4.78 is 0. The number of allylic oxidation sites excluding steroid dienone is 4. The Labute approximate surface area is 104 Å². The second-order valence-corrected chi connectivity index (χ2v) is 6.10. The van der Waals surface area contributed by atoms with E-state index in [1.807, 2.05) is 0 Å². The summed E-state index contributed by atoms with van der Waals surface area (Å²) in [5, 5.41) is 0. The van der Waals surface area contributed by atoms with Crippen molar-refractivity contribution in [3.63, 3.8) is 0 Å². The molecule has 2 aliphatic rings. The van der Waals surface area contributed by atoms with Gasteiger partial charge in [-0.1, -0.05) is 49.8 Å². The monoisotopic (exact) mass is 224 g/mol. The highest BCUT2D eigenvalue weighted by Gasteiger charge is 2.39. The lowest BCUT2D eigenvalue weighted by Crippen LogP contribution is -2.21. The molecule has 0 aliphatic heterocycles. The van der Waals surface area contributed by atoms with Gasteiger partial charge in [-0.2, -0.15) is 0 Å². The van der Waals surface area contributed by atoms with Crippen LogP contribution in [-0.4, -0.2) is 0 Å². The third-order valence-corrected chi connectivity index (χ3v) is 4.32. The lowest BCUT2D eigenvalue weighted by Gasteiger charge is -2.35. The molecule has 0 heterocycles. The van der Waals surface area contributed by atoms with Crippen LogP contribution in [0.2, 0.25) is 0 Å². The van der Waals surface area contributed by atoms with Gasteiger partial charge >= 0.3 is 0 Å². The van der Waals surface area contributed by atoms with Gasteiger partial charge in [-0.25, -0.2) is 0 Å². The van der Waals surface area contributed by atoms with Crippen LogP contribution in [0.3, 0.4) is 0 Å². The van der Waals surface area contributed by atoms with Crippen LogP contribution in [0.1, 0.15) is 51.2 Å². The molecule has 0 radical (unpaired) electrons. The molecule has 3 rings (SSSR count). The quantitative estimate of drug-likeness (QED) is 0.548. The molecular formula is C17H20. The summed E-state index contributed by atoms with van der Waals surface area (Å²) in [6.07, 6.45) is 3.65. The van der Waals surface area contributed by atoms with E-state index in [4.69, 9.17) is 0 Å². The van der Waals surface area contributed by atoms with Gasteiger partial charge in [0, 0.05) is 11.3 Å². The van der Waals surface area contributed by atoms with Crippen LogP contribution in [0.25, 0.3) is 5.57 Å². The minimum atomic E-state index is 0.218. The second-order valence-electron chi connectivity index (χ2n) is 6.10. The average molecular weight is 224 g/mol. The van der Waals surface area contributed by atoms with Gasteiger partial charge in [-0.15, -0.1) is 0 Å². The number of hydrogen-bond donors (Lipinski definition) is 0. The average Bonchev–Trinajstić information content (AvgIpc) is 2.53. The molecule has 2 aliphatic carbocycles. The Balaban J connectivity index is 2.25. The molecule has 1 unspecified atom stereocenters. The van der Waals surface area contributed by atoms with Gasteiger partial charge in [0.1, 0.15) is 0 Å². The number of rotatable bonds is 0. The molecule has 0 spiro atoms. The molecule has 0 aromatic heterocycles. The highest BCUT2D eigenvalue weighted by molar-refractivity contribution is 5.79. The lowest BCUT2D eigenvalue weighted by molar-refractivity contribution is 0.498. The van der Waals surface area contributed by atoms with E-state index in [2.05, 4.69) is 58.0 Å². The van der Waals surface area contributed by atoms with Crippen molar-refractivity contribution >= 4 is 5.57 Å². The van der Waals surface area contributed by atoms with Crippen LogP contribution in [0, 0.1) is 5.41 Å². The highest BCUT2D eigenvalue weighted by atomic mass is 14.4. The molecule has 0 saturated heterocycles. The van der Waals surface area contributed by atoms with Gasteiger partial charge < -0.3 is 0 Å². The predicted molar refractivity (Wildman–Crippen MR) is 73.9 cm³/mol.